The normalized spacial score (nSPS) is 11.4. The molecule has 4 nitrogen and oxygen atoms in total. The van der Waals surface area contributed by atoms with Crippen molar-refractivity contribution in [1.82, 2.24) is 9.97 Å². The van der Waals surface area contributed by atoms with Crippen LogP contribution in [0.2, 0.25) is 0 Å². The molecule has 1 N–H and O–H groups in total. The minimum atomic E-state index is -4.15. The summed E-state index contributed by atoms with van der Waals surface area (Å²) in [4.78, 5) is 9.74. The molecule has 0 fully saturated rings. The molecule has 1 aromatic rings. The Morgan fingerprint density at radius 1 is 1.39 bits per heavy atom. The number of alkyl halides is 3. The third-order valence-corrected chi connectivity index (χ3v) is 2.37. The highest BCUT2D eigenvalue weighted by Crippen LogP contribution is 2.22. The van der Waals surface area contributed by atoms with Gasteiger partial charge in [-0.2, -0.15) is 18.2 Å². The van der Waals surface area contributed by atoms with Gasteiger partial charge in [-0.05, 0) is 13.8 Å². The molecule has 0 aromatic carbocycles. The molecule has 0 atom stereocenters. The first-order chi connectivity index (χ1) is 8.33. The Morgan fingerprint density at radius 2 is 2.06 bits per heavy atom. The fourth-order valence-corrected chi connectivity index (χ4v) is 1.46. The van der Waals surface area contributed by atoms with E-state index in [1.165, 1.54) is 4.90 Å². The van der Waals surface area contributed by atoms with Gasteiger partial charge in [-0.3, -0.25) is 0 Å². The first kappa shape index (κ1) is 14.5. The van der Waals surface area contributed by atoms with Gasteiger partial charge in [-0.25, -0.2) is 4.98 Å². The van der Waals surface area contributed by atoms with Crippen molar-refractivity contribution >= 4 is 11.8 Å². The van der Waals surface area contributed by atoms with Gasteiger partial charge in [0.15, 0.2) is 0 Å². The van der Waals surface area contributed by atoms with Crippen LogP contribution in [-0.2, 0) is 0 Å². The zero-order valence-electron chi connectivity index (χ0n) is 10.7. The van der Waals surface area contributed by atoms with Crippen LogP contribution in [0.5, 0.6) is 0 Å². The van der Waals surface area contributed by atoms with Crippen molar-refractivity contribution in [3.8, 4) is 0 Å². The van der Waals surface area contributed by atoms with E-state index >= 15 is 0 Å². The third-order valence-electron chi connectivity index (χ3n) is 2.37. The molecule has 0 bridgehead atoms. The quantitative estimate of drug-likeness (QED) is 0.885. The van der Waals surface area contributed by atoms with Crippen LogP contribution in [0.15, 0.2) is 6.20 Å². The van der Waals surface area contributed by atoms with Gasteiger partial charge in [0.05, 0.1) is 6.42 Å². The second-order valence-electron chi connectivity index (χ2n) is 4.02. The van der Waals surface area contributed by atoms with Gasteiger partial charge in [0.25, 0.3) is 0 Å². The number of halogens is 3. The number of rotatable bonds is 5. The highest BCUT2D eigenvalue weighted by atomic mass is 19.4. The molecule has 7 heteroatoms. The van der Waals surface area contributed by atoms with Crippen LogP contribution in [0.4, 0.5) is 24.9 Å². The Hall–Kier alpha value is -1.53. The van der Waals surface area contributed by atoms with E-state index in [9.17, 15) is 13.2 Å². The maximum atomic E-state index is 12.2. The van der Waals surface area contributed by atoms with Gasteiger partial charge in [0, 0.05) is 31.9 Å². The van der Waals surface area contributed by atoms with Crippen LogP contribution < -0.4 is 10.2 Å². The van der Waals surface area contributed by atoms with E-state index in [0.29, 0.717) is 18.3 Å². The lowest BCUT2D eigenvalue weighted by Crippen LogP contribution is -2.26. The van der Waals surface area contributed by atoms with E-state index in [2.05, 4.69) is 15.3 Å². The molecule has 0 radical (unpaired) electrons. The highest BCUT2D eigenvalue weighted by Gasteiger charge is 2.27. The second-order valence-corrected chi connectivity index (χ2v) is 4.02. The lowest BCUT2D eigenvalue weighted by atomic mass is 10.3. The van der Waals surface area contributed by atoms with Crippen LogP contribution in [-0.4, -0.2) is 36.3 Å². The van der Waals surface area contributed by atoms with Crippen molar-refractivity contribution in [2.45, 2.75) is 26.4 Å². The SMILES string of the molecule is CCNc1ncc(C)c(N(C)CCC(F)(F)F)n1. The summed E-state index contributed by atoms with van der Waals surface area (Å²) in [5, 5.41) is 2.93. The fourth-order valence-electron chi connectivity index (χ4n) is 1.46. The number of hydrogen-bond acceptors (Lipinski definition) is 4. The molecule has 18 heavy (non-hydrogen) atoms. The second kappa shape index (κ2) is 5.88. The van der Waals surface area contributed by atoms with Gasteiger partial charge in [-0.1, -0.05) is 0 Å². The third kappa shape index (κ3) is 4.38. The topological polar surface area (TPSA) is 41.1 Å². The maximum Gasteiger partial charge on any atom is 0.390 e. The minimum absolute atomic E-state index is 0.118. The van der Waals surface area contributed by atoms with E-state index in [1.54, 1.807) is 20.2 Å². The van der Waals surface area contributed by atoms with E-state index in [1.807, 2.05) is 6.92 Å². The molecule has 102 valence electrons. The van der Waals surface area contributed by atoms with Crippen LogP contribution in [0, 0.1) is 6.92 Å². The molecule has 0 spiro atoms. The predicted molar refractivity (Wildman–Crippen MR) is 64.9 cm³/mol. The molecular weight excluding hydrogens is 245 g/mol. The number of nitrogens with zero attached hydrogens (tertiary/aromatic N) is 3. The maximum absolute atomic E-state index is 12.2. The predicted octanol–water partition coefficient (Wildman–Crippen LogP) is 2.61. The van der Waals surface area contributed by atoms with Crippen molar-refractivity contribution in [3.05, 3.63) is 11.8 Å². The van der Waals surface area contributed by atoms with E-state index in [4.69, 9.17) is 0 Å². The molecule has 0 aliphatic heterocycles. The summed E-state index contributed by atoms with van der Waals surface area (Å²) in [7, 11) is 1.59. The Balaban J connectivity index is 2.77. The van der Waals surface area contributed by atoms with Crippen molar-refractivity contribution in [2.24, 2.45) is 0 Å². The molecular formula is C11H17F3N4. The summed E-state index contributed by atoms with van der Waals surface area (Å²) in [6.07, 6.45) is -3.41. The van der Waals surface area contributed by atoms with Crippen molar-refractivity contribution in [2.75, 3.05) is 30.4 Å². The summed E-state index contributed by atoms with van der Waals surface area (Å²) in [5.41, 5.74) is 0.751. The van der Waals surface area contributed by atoms with Crippen LogP contribution in [0.25, 0.3) is 0 Å². The molecule has 0 aliphatic rings. The first-order valence-electron chi connectivity index (χ1n) is 5.69. The number of nitrogens with one attached hydrogen (secondary N) is 1. The van der Waals surface area contributed by atoms with Crippen molar-refractivity contribution in [3.63, 3.8) is 0 Å². The van der Waals surface area contributed by atoms with Gasteiger partial charge in [-0.15, -0.1) is 0 Å². The summed E-state index contributed by atoms with van der Waals surface area (Å²) in [6.45, 7) is 4.22. The summed E-state index contributed by atoms with van der Waals surface area (Å²) < 4.78 is 36.5. The average molecular weight is 262 g/mol. The van der Waals surface area contributed by atoms with Gasteiger partial charge in [0.1, 0.15) is 5.82 Å². The Labute approximate surface area is 104 Å². The largest absolute Gasteiger partial charge is 0.390 e. The zero-order chi connectivity index (χ0) is 13.8. The molecule has 1 heterocycles. The van der Waals surface area contributed by atoms with E-state index in [0.717, 1.165) is 5.56 Å². The zero-order valence-corrected chi connectivity index (χ0v) is 10.7. The smallest absolute Gasteiger partial charge is 0.359 e. The molecule has 0 saturated heterocycles. The molecule has 1 aromatic heterocycles. The van der Waals surface area contributed by atoms with E-state index < -0.39 is 12.6 Å². The summed E-state index contributed by atoms with van der Waals surface area (Å²) in [6, 6.07) is 0. The number of aromatic nitrogens is 2. The van der Waals surface area contributed by atoms with Gasteiger partial charge in [0.2, 0.25) is 5.95 Å². The van der Waals surface area contributed by atoms with E-state index in [-0.39, 0.29) is 6.54 Å². The first-order valence-corrected chi connectivity index (χ1v) is 5.69. The standard InChI is InChI=1S/C11H17F3N4/c1-4-15-10-16-7-8(2)9(17-10)18(3)6-5-11(12,13)14/h7H,4-6H2,1-3H3,(H,15,16,17). The average Bonchev–Trinajstić information content (AvgIpc) is 2.28. The van der Waals surface area contributed by atoms with Crippen LogP contribution in [0.1, 0.15) is 18.9 Å². The molecule has 0 saturated carbocycles. The van der Waals surface area contributed by atoms with Crippen LogP contribution >= 0.6 is 0 Å². The molecule has 0 amide bonds. The number of aryl methyl sites for hydroxylation is 1. The Bertz CT molecular complexity index is 392. The summed E-state index contributed by atoms with van der Waals surface area (Å²) >= 11 is 0. The van der Waals surface area contributed by atoms with Gasteiger partial charge >= 0.3 is 6.18 Å². The Morgan fingerprint density at radius 3 is 2.61 bits per heavy atom. The molecule has 1 rings (SSSR count). The van der Waals surface area contributed by atoms with Gasteiger partial charge < -0.3 is 10.2 Å². The lowest BCUT2D eigenvalue weighted by molar-refractivity contribution is -0.132. The Kier molecular flexibility index (Phi) is 4.75. The van der Waals surface area contributed by atoms with Crippen molar-refractivity contribution < 1.29 is 13.2 Å². The highest BCUT2D eigenvalue weighted by molar-refractivity contribution is 5.48. The number of anilines is 2. The molecule has 0 aliphatic carbocycles. The minimum Gasteiger partial charge on any atom is -0.359 e. The fraction of sp³-hybridized carbons (Fsp3) is 0.636. The summed E-state index contributed by atoms with van der Waals surface area (Å²) in [5.74, 6) is 0.946. The van der Waals surface area contributed by atoms with Crippen molar-refractivity contribution in [1.29, 1.82) is 0 Å². The lowest BCUT2D eigenvalue weighted by Gasteiger charge is -2.21. The number of hydrogen-bond donors (Lipinski definition) is 1. The van der Waals surface area contributed by atoms with Crippen LogP contribution in [0.3, 0.4) is 0 Å². The monoisotopic (exact) mass is 262 g/mol. The molecule has 0 unspecified atom stereocenters.